The summed E-state index contributed by atoms with van der Waals surface area (Å²) in [4.78, 5) is 12.4. The summed E-state index contributed by atoms with van der Waals surface area (Å²) in [6.45, 7) is 4.13. The average molecular weight is 286 g/mol. The number of hydrogen-bond acceptors (Lipinski definition) is 6. The van der Waals surface area contributed by atoms with Crippen LogP contribution in [0.5, 0.6) is 0 Å². The molecule has 0 amide bonds. The number of fused-ring (bicyclic) bond motifs is 1. The van der Waals surface area contributed by atoms with E-state index >= 15 is 0 Å². The molecule has 1 saturated heterocycles. The number of nitrogen functional groups attached to an aromatic ring is 2. The molecule has 0 radical (unpaired) electrons. The Bertz CT molecular complexity index is 733. The number of rotatable bonds is 2. The minimum Gasteiger partial charge on any atom is -0.382 e. The Kier molecular flexibility index (Phi) is 2.99. The topological polar surface area (TPSA) is 105 Å². The van der Waals surface area contributed by atoms with Gasteiger partial charge in [-0.25, -0.2) is 4.98 Å². The largest absolute Gasteiger partial charge is 0.382 e. The summed E-state index contributed by atoms with van der Waals surface area (Å²) in [5.41, 5.74) is 12.0. The van der Waals surface area contributed by atoms with Crippen LogP contribution in [0.25, 0.3) is 11.2 Å². The Hall–Kier alpha value is -2.33. The Morgan fingerprint density at radius 1 is 1.52 bits per heavy atom. The molecule has 3 unspecified atom stereocenters. The van der Waals surface area contributed by atoms with Gasteiger partial charge in [-0.05, 0) is 12.8 Å². The van der Waals surface area contributed by atoms with Crippen molar-refractivity contribution in [3.05, 3.63) is 6.33 Å². The van der Waals surface area contributed by atoms with E-state index < -0.39 is 5.60 Å². The second-order valence-electron chi connectivity index (χ2n) is 5.39. The SMILES string of the molecule is C#CC1(CC)OC(n2cnc3c(N)nc(N)nc32)CC1C. The highest BCUT2D eigenvalue weighted by Gasteiger charge is 2.44. The van der Waals surface area contributed by atoms with Crippen molar-refractivity contribution in [3.8, 4) is 12.3 Å². The number of anilines is 2. The number of hydrogen-bond donors (Lipinski definition) is 2. The van der Waals surface area contributed by atoms with Crippen LogP contribution in [-0.2, 0) is 4.74 Å². The molecule has 4 N–H and O–H groups in total. The van der Waals surface area contributed by atoms with Crippen molar-refractivity contribution in [1.82, 2.24) is 19.5 Å². The molecule has 2 aromatic rings. The van der Waals surface area contributed by atoms with Gasteiger partial charge in [0, 0.05) is 5.92 Å². The second kappa shape index (κ2) is 4.60. The molecule has 0 spiro atoms. The third-order valence-corrected chi connectivity index (χ3v) is 4.24. The normalized spacial score (nSPS) is 28.8. The van der Waals surface area contributed by atoms with Gasteiger partial charge in [0.1, 0.15) is 17.3 Å². The van der Waals surface area contributed by atoms with Gasteiger partial charge in [0.25, 0.3) is 0 Å². The van der Waals surface area contributed by atoms with E-state index in [0.717, 1.165) is 12.8 Å². The van der Waals surface area contributed by atoms with E-state index in [-0.39, 0.29) is 23.9 Å². The summed E-state index contributed by atoms with van der Waals surface area (Å²) >= 11 is 0. The Morgan fingerprint density at radius 3 is 2.90 bits per heavy atom. The van der Waals surface area contributed by atoms with Gasteiger partial charge in [0.15, 0.2) is 11.5 Å². The van der Waals surface area contributed by atoms with Crippen molar-refractivity contribution in [1.29, 1.82) is 0 Å². The Morgan fingerprint density at radius 2 is 2.29 bits per heavy atom. The highest BCUT2D eigenvalue weighted by Crippen LogP contribution is 2.43. The highest BCUT2D eigenvalue weighted by molar-refractivity contribution is 5.82. The standard InChI is InChI=1S/C14H18N6O/c1-4-14(5-2)8(3)6-9(21-14)20-7-17-10-11(15)18-13(16)19-12(10)20/h1,7-9H,5-6H2,2-3H3,(H4,15,16,18,19). The predicted molar refractivity (Wildman–Crippen MR) is 79.9 cm³/mol. The lowest BCUT2D eigenvalue weighted by atomic mass is 9.87. The monoisotopic (exact) mass is 286 g/mol. The highest BCUT2D eigenvalue weighted by atomic mass is 16.5. The van der Waals surface area contributed by atoms with Crippen molar-refractivity contribution < 1.29 is 4.74 Å². The van der Waals surface area contributed by atoms with Crippen molar-refractivity contribution in [2.75, 3.05) is 11.5 Å². The van der Waals surface area contributed by atoms with Gasteiger partial charge in [-0.3, -0.25) is 4.57 Å². The van der Waals surface area contributed by atoms with Crippen LogP contribution in [0.4, 0.5) is 11.8 Å². The van der Waals surface area contributed by atoms with Crippen LogP contribution in [0, 0.1) is 18.3 Å². The molecule has 0 aromatic carbocycles. The zero-order valence-corrected chi connectivity index (χ0v) is 12.1. The lowest BCUT2D eigenvalue weighted by Gasteiger charge is -2.25. The number of nitrogens with zero attached hydrogens (tertiary/aromatic N) is 4. The molecule has 7 heteroatoms. The number of ether oxygens (including phenoxy) is 1. The van der Waals surface area contributed by atoms with E-state index in [9.17, 15) is 0 Å². The minimum atomic E-state index is -0.550. The van der Waals surface area contributed by atoms with Gasteiger partial charge < -0.3 is 16.2 Å². The molecule has 3 atom stereocenters. The quantitative estimate of drug-likeness (QED) is 0.807. The molecule has 1 aliphatic rings. The van der Waals surface area contributed by atoms with Gasteiger partial charge in [0.2, 0.25) is 5.95 Å². The fourth-order valence-electron chi connectivity index (χ4n) is 2.95. The summed E-state index contributed by atoms with van der Waals surface area (Å²) in [5, 5.41) is 0. The van der Waals surface area contributed by atoms with Crippen LogP contribution in [-0.4, -0.2) is 25.1 Å². The number of nitrogens with two attached hydrogens (primary N) is 2. The predicted octanol–water partition coefficient (Wildman–Crippen LogP) is 1.33. The zero-order chi connectivity index (χ0) is 15.2. The Labute approximate surface area is 122 Å². The maximum atomic E-state index is 6.14. The lowest BCUT2D eigenvalue weighted by Crippen LogP contribution is -2.31. The van der Waals surface area contributed by atoms with Crippen LogP contribution in [0.2, 0.25) is 0 Å². The van der Waals surface area contributed by atoms with Crippen LogP contribution in [0.3, 0.4) is 0 Å². The van der Waals surface area contributed by atoms with Gasteiger partial charge in [-0.2, -0.15) is 9.97 Å². The first-order chi connectivity index (χ1) is 10.0. The van der Waals surface area contributed by atoms with E-state index in [2.05, 4.69) is 27.8 Å². The van der Waals surface area contributed by atoms with E-state index in [4.69, 9.17) is 22.6 Å². The lowest BCUT2D eigenvalue weighted by molar-refractivity contribution is -0.0464. The first kappa shape index (κ1) is 13.6. The minimum absolute atomic E-state index is 0.117. The smallest absolute Gasteiger partial charge is 0.224 e. The van der Waals surface area contributed by atoms with Crippen molar-refractivity contribution in [2.45, 2.75) is 38.5 Å². The molecule has 3 heterocycles. The molecule has 3 rings (SSSR count). The molecule has 110 valence electrons. The zero-order valence-electron chi connectivity index (χ0n) is 12.1. The number of terminal acetylenes is 1. The van der Waals surface area contributed by atoms with Gasteiger partial charge in [0.05, 0.1) is 6.33 Å². The molecule has 21 heavy (non-hydrogen) atoms. The Balaban J connectivity index is 2.05. The summed E-state index contributed by atoms with van der Waals surface area (Å²) in [5.74, 6) is 3.43. The van der Waals surface area contributed by atoms with E-state index in [1.54, 1.807) is 6.33 Å². The second-order valence-corrected chi connectivity index (χ2v) is 5.39. The molecule has 0 bridgehead atoms. The van der Waals surface area contributed by atoms with Crippen molar-refractivity contribution >= 4 is 22.9 Å². The van der Waals surface area contributed by atoms with Gasteiger partial charge >= 0.3 is 0 Å². The van der Waals surface area contributed by atoms with Crippen LogP contribution in [0.1, 0.15) is 32.9 Å². The number of imidazole rings is 1. The molecule has 0 aliphatic carbocycles. The van der Waals surface area contributed by atoms with E-state index in [0.29, 0.717) is 11.2 Å². The molecule has 1 fully saturated rings. The molecule has 0 saturated carbocycles. The van der Waals surface area contributed by atoms with Crippen molar-refractivity contribution in [2.24, 2.45) is 5.92 Å². The average Bonchev–Trinajstić information content (AvgIpc) is 3.00. The fourth-order valence-corrected chi connectivity index (χ4v) is 2.95. The van der Waals surface area contributed by atoms with Gasteiger partial charge in [-0.1, -0.05) is 19.8 Å². The summed E-state index contributed by atoms with van der Waals surface area (Å²) in [6, 6.07) is 0. The summed E-state index contributed by atoms with van der Waals surface area (Å²) in [7, 11) is 0. The summed E-state index contributed by atoms with van der Waals surface area (Å²) < 4.78 is 7.97. The molecular formula is C14H18N6O. The molecule has 1 aliphatic heterocycles. The number of aromatic nitrogens is 4. The van der Waals surface area contributed by atoms with Gasteiger partial charge in [-0.15, -0.1) is 6.42 Å². The maximum Gasteiger partial charge on any atom is 0.224 e. The summed E-state index contributed by atoms with van der Waals surface area (Å²) in [6.07, 6.45) is 8.64. The van der Waals surface area contributed by atoms with E-state index in [1.807, 2.05) is 11.5 Å². The van der Waals surface area contributed by atoms with E-state index in [1.165, 1.54) is 0 Å². The molecule has 2 aromatic heterocycles. The molecular weight excluding hydrogens is 268 g/mol. The molecule has 7 nitrogen and oxygen atoms in total. The first-order valence-corrected chi connectivity index (χ1v) is 6.92. The fraction of sp³-hybridized carbons (Fsp3) is 0.500. The van der Waals surface area contributed by atoms with Crippen LogP contribution < -0.4 is 11.5 Å². The van der Waals surface area contributed by atoms with Crippen LogP contribution in [0.15, 0.2) is 6.33 Å². The first-order valence-electron chi connectivity index (χ1n) is 6.92. The van der Waals surface area contributed by atoms with Crippen molar-refractivity contribution in [3.63, 3.8) is 0 Å². The van der Waals surface area contributed by atoms with Crippen LogP contribution >= 0.6 is 0 Å². The third-order valence-electron chi connectivity index (χ3n) is 4.24. The maximum absolute atomic E-state index is 6.14. The third kappa shape index (κ3) is 1.91.